The molecule has 25 heavy (non-hydrogen) atoms. The zero-order valence-corrected chi connectivity index (χ0v) is 14.1. The van der Waals surface area contributed by atoms with Crippen LogP contribution in [-0.2, 0) is 6.42 Å². The minimum atomic E-state index is -1.21. The van der Waals surface area contributed by atoms with Crippen LogP contribution in [0.15, 0.2) is 42.9 Å². The number of nitrogens with two attached hydrogens (primary N) is 1. The minimum Gasteiger partial charge on any atom is -0.367 e. The van der Waals surface area contributed by atoms with E-state index in [2.05, 4.69) is 32.7 Å². The van der Waals surface area contributed by atoms with Gasteiger partial charge in [0.1, 0.15) is 0 Å². The van der Waals surface area contributed by atoms with E-state index in [9.17, 15) is 0 Å². The van der Waals surface area contributed by atoms with E-state index in [0.29, 0.717) is 5.69 Å². The van der Waals surface area contributed by atoms with Gasteiger partial charge in [-0.25, -0.2) is 9.50 Å². The maximum absolute atomic E-state index is 5.85. The van der Waals surface area contributed by atoms with Gasteiger partial charge >= 0.3 is 0 Å². The maximum Gasteiger partial charge on any atom is 0.238 e. The average molecular weight is 342 g/mol. The van der Waals surface area contributed by atoms with Crippen molar-refractivity contribution in [3.05, 3.63) is 48.5 Å². The van der Waals surface area contributed by atoms with Crippen LogP contribution in [0.2, 0.25) is 0 Å². The van der Waals surface area contributed by atoms with Gasteiger partial charge in [-0.05, 0) is 30.2 Å². The monoisotopic (exact) mass is 342 g/mol. The second-order valence-electron chi connectivity index (χ2n) is 5.87. The van der Waals surface area contributed by atoms with Gasteiger partial charge in [0.2, 0.25) is 5.95 Å². The quantitative estimate of drug-likeness (QED) is 0.434. The lowest BCUT2D eigenvalue weighted by Crippen LogP contribution is -2.26. The maximum atomic E-state index is 5.85. The smallest absolute Gasteiger partial charge is 0.238 e. The highest BCUT2D eigenvalue weighted by Gasteiger charge is 2.19. The van der Waals surface area contributed by atoms with Crippen molar-refractivity contribution in [3.63, 3.8) is 0 Å². The van der Waals surface area contributed by atoms with Crippen molar-refractivity contribution < 1.29 is 0 Å². The van der Waals surface area contributed by atoms with Crippen LogP contribution in [0.5, 0.6) is 0 Å². The molecule has 4 rings (SSSR count). The van der Waals surface area contributed by atoms with Crippen molar-refractivity contribution in [2.75, 3.05) is 5.73 Å². The molecule has 0 aliphatic rings. The summed E-state index contributed by atoms with van der Waals surface area (Å²) in [6.45, 7) is 0. The van der Waals surface area contributed by atoms with Crippen LogP contribution >= 0.6 is 12.6 Å². The number of fused-ring (bicyclic) bond motifs is 2. The molecule has 6 nitrogen and oxygen atoms in total. The first kappa shape index (κ1) is 16.0. The highest BCUT2D eigenvalue weighted by Crippen LogP contribution is 2.30. The van der Waals surface area contributed by atoms with Crippen molar-refractivity contribution in [2.24, 2.45) is 0 Å². The van der Waals surface area contributed by atoms with Crippen LogP contribution in [0.4, 0.5) is 5.95 Å². The Balaban J connectivity index is 1.94. The average Bonchev–Trinajstić information content (AvgIpc) is 2.97. The Bertz CT molecular complexity index is 1090. The summed E-state index contributed by atoms with van der Waals surface area (Å²) in [6, 6.07) is 7.81. The van der Waals surface area contributed by atoms with E-state index in [0.717, 1.165) is 27.7 Å². The van der Waals surface area contributed by atoms with Gasteiger partial charge in [0, 0.05) is 24.2 Å². The minimum absolute atomic E-state index is 0.145. The molecular weight excluding hydrogens is 330 g/mol. The molecule has 118 valence electrons. The summed E-state index contributed by atoms with van der Waals surface area (Å²) in [5.41, 5.74) is 10.7. The first-order valence-electron chi connectivity index (χ1n) is 7.56. The lowest BCUT2D eigenvalue weighted by atomic mass is 9.67. The molecule has 9 heteroatoms. The normalized spacial score (nSPS) is 12.0. The molecular formula is C16H12B2N6S. The van der Waals surface area contributed by atoms with E-state index in [4.69, 9.17) is 21.4 Å². The highest BCUT2D eigenvalue weighted by molar-refractivity contribution is 7.84. The van der Waals surface area contributed by atoms with Gasteiger partial charge in [-0.2, -0.15) is 12.6 Å². The van der Waals surface area contributed by atoms with Crippen LogP contribution in [0.25, 0.3) is 27.7 Å². The Hall–Kier alpha value is -2.54. The van der Waals surface area contributed by atoms with Crippen molar-refractivity contribution >= 4 is 50.8 Å². The van der Waals surface area contributed by atoms with Gasteiger partial charge < -0.3 is 5.73 Å². The molecule has 0 fully saturated rings. The Kier molecular flexibility index (Phi) is 3.68. The molecule has 2 N–H and O–H groups in total. The summed E-state index contributed by atoms with van der Waals surface area (Å²) < 4.78 is 0.463. The Morgan fingerprint density at radius 3 is 2.64 bits per heavy atom. The number of anilines is 1. The second-order valence-corrected chi connectivity index (χ2v) is 6.70. The molecule has 4 radical (unpaired) electrons. The van der Waals surface area contributed by atoms with Gasteiger partial charge in [0.25, 0.3) is 0 Å². The number of thiol groups is 1. The number of benzene rings is 1. The summed E-state index contributed by atoms with van der Waals surface area (Å²) in [6.07, 6.45) is 5.38. The van der Waals surface area contributed by atoms with Crippen molar-refractivity contribution in [2.45, 2.75) is 11.0 Å². The van der Waals surface area contributed by atoms with E-state index >= 15 is 0 Å². The number of aromatic nitrogens is 5. The van der Waals surface area contributed by atoms with Gasteiger partial charge in [0.05, 0.1) is 37.9 Å². The standard InChI is InChI=1S/C16H12B2N6S/c17-16(18,25)8-13-14-10(3-6-24(14)23-15(19)22-13)9-1-2-11-12(7-9)21-5-4-20-11/h1-7,25H,8H2,(H2,19,23). The van der Waals surface area contributed by atoms with Crippen molar-refractivity contribution in [1.29, 1.82) is 0 Å². The number of rotatable bonds is 3. The summed E-state index contributed by atoms with van der Waals surface area (Å²) in [5.74, 6) is 0.145. The SMILES string of the molecule is [B]C([B])(S)Cc1nc(N)nn2ccc(-c3ccc4nccnc4c3)c12. The van der Waals surface area contributed by atoms with Crippen LogP contribution in [-0.4, -0.2) is 44.8 Å². The first-order chi connectivity index (χ1) is 11.9. The fourth-order valence-electron chi connectivity index (χ4n) is 2.87. The molecule has 0 saturated heterocycles. The Morgan fingerprint density at radius 2 is 1.88 bits per heavy atom. The molecule has 0 unspecified atom stereocenters. The molecule has 1 aromatic carbocycles. The zero-order chi connectivity index (χ0) is 17.6. The molecule has 3 heterocycles. The molecule has 0 aliphatic carbocycles. The van der Waals surface area contributed by atoms with Crippen LogP contribution < -0.4 is 5.73 Å². The van der Waals surface area contributed by atoms with Gasteiger partial charge in [-0.3, -0.25) is 9.97 Å². The topological polar surface area (TPSA) is 82.0 Å². The van der Waals surface area contributed by atoms with Gasteiger partial charge in [0.15, 0.2) is 0 Å². The highest BCUT2D eigenvalue weighted by atomic mass is 32.1. The van der Waals surface area contributed by atoms with E-state index in [1.807, 2.05) is 30.5 Å². The van der Waals surface area contributed by atoms with E-state index in [1.54, 1.807) is 16.9 Å². The first-order valence-corrected chi connectivity index (χ1v) is 8.00. The Labute approximate surface area is 152 Å². The second kappa shape index (κ2) is 5.77. The number of nitrogen functional groups attached to an aromatic ring is 1. The van der Waals surface area contributed by atoms with Crippen LogP contribution in [0.1, 0.15) is 5.69 Å². The molecule has 3 aromatic heterocycles. The van der Waals surface area contributed by atoms with Gasteiger partial charge in [-0.15, -0.1) is 5.10 Å². The van der Waals surface area contributed by atoms with Gasteiger partial charge in [-0.1, -0.05) is 10.6 Å². The summed E-state index contributed by atoms with van der Waals surface area (Å²) in [7, 11) is 11.7. The molecule has 0 spiro atoms. The molecule has 0 aliphatic heterocycles. The third-order valence-corrected chi connectivity index (χ3v) is 3.99. The van der Waals surface area contributed by atoms with E-state index < -0.39 is 4.55 Å². The number of hydrogen-bond donors (Lipinski definition) is 2. The molecule has 0 amide bonds. The summed E-state index contributed by atoms with van der Waals surface area (Å²) in [4.78, 5) is 13.0. The lowest BCUT2D eigenvalue weighted by Gasteiger charge is -2.18. The van der Waals surface area contributed by atoms with Crippen molar-refractivity contribution in [1.82, 2.24) is 24.6 Å². The molecule has 0 saturated carbocycles. The largest absolute Gasteiger partial charge is 0.367 e. The Morgan fingerprint density at radius 1 is 1.12 bits per heavy atom. The van der Waals surface area contributed by atoms with E-state index in [-0.39, 0.29) is 12.4 Å². The van der Waals surface area contributed by atoms with E-state index in [1.165, 1.54) is 0 Å². The fourth-order valence-corrected chi connectivity index (χ4v) is 3.02. The fraction of sp³-hybridized carbons (Fsp3) is 0.125. The number of hydrogen-bond acceptors (Lipinski definition) is 6. The lowest BCUT2D eigenvalue weighted by molar-refractivity contribution is 0.867. The predicted octanol–water partition coefficient (Wildman–Crippen LogP) is 1.38. The predicted molar refractivity (Wildman–Crippen MR) is 103 cm³/mol. The summed E-state index contributed by atoms with van der Waals surface area (Å²) in [5, 5.41) is 4.22. The summed E-state index contributed by atoms with van der Waals surface area (Å²) >= 11 is 4.20. The van der Waals surface area contributed by atoms with Crippen molar-refractivity contribution in [3.8, 4) is 11.1 Å². The third kappa shape index (κ3) is 3.07. The molecule has 4 aromatic rings. The third-order valence-electron chi connectivity index (χ3n) is 3.83. The molecule has 0 bridgehead atoms. The van der Waals surface area contributed by atoms with Crippen LogP contribution in [0.3, 0.4) is 0 Å². The zero-order valence-electron chi connectivity index (χ0n) is 13.2. The molecule has 0 atom stereocenters. The number of nitrogens with zero attached hydrogens (tertiary/aromatic N) is 5. The van der Waals surface area contributed by atoms with Crippen LogP contribution in [0, 0.1) is 0 Å².